The van der Waals surface area contributed by atoms with E-state index in [1.54, 1.807) is 6.33 Å². The van der Waals surface area contributed by atoms with Crippen LogP contribution in [0.5, 0.6) is 0 Å². The molecular formula is C14H25N5O. The van der Waals surface area contributed by atoms with Crippen LogP contribution in [0.4, 0.5) is 4.79 Å². The zero-order valence-corrected chi connectivity index (χ0v) is 12.7. The van der Waals surface area contributed by atoms with Crippen molar-refractivity contribution in [2.75, 3.05) is 32.7 Å². The summed E-state index contributed by atoms with van der Waals surface area (Å²) in [6.07, 6.45) is 4.54. The number of urea groups is 1. The van der Waals surface area contributed by atoms with E-state index in [0.29, 0.717) is 12.6 Å². The van der Waals surface area contributed by atoms with Gasteiger partial charge in [0.1, 0.15) is 0 Å². The number of carbonyl (C=O) groups is 1. The van der Waals surface area contributed by atoms with Crippen molar-refractivity contribution in [2.24, 2.45) is 7.05 Å². The monoisotopic (exact) mass is 279 g/mol. The van der Waals surface area contributed by atoms with Gasteiger partial charge in [0.15, 0.2) is 0 Å². The highest BCUT2D eigenvalue weighted by Gasteiger charge is 2.21. The summed E-state index contributed by atoms with van der Waals surface area (Å²) in [7, 11) is 1.95. The number of rotatable bonds is 4. The van der Waals surface area contributed by atoms with E-state index in [1.165, 1.54) is 0 Å². The minimum atomic E-state index is 0.0457. The van der Waals surface area contributed by atoms with E-state index in [-0.39, 0.29) is 6.03 Å². The average molecular weight is 279 g/mol. The molecule has 0 atom stereocenters. The molecule has 0 aliphatic carbocycles. The van der Waals surface area contributed by atoms with Crippen LogP contribution in [0.3, 0.4) is 0 Å². The number of carbonyl (C=O) groups excluding carboxylic acids is 1. The summed E-state index contributed by atoms with van der Waals surface area (Å²) in [5, 5.41) is 2.97. The molecule has 2 heterocycles. The lowest BCUT2D eigenvalue weighted by molar-refractivity contribution is 0.119. The molecule has 2 amide bonds. The normalized spacial score (nSPS) is 16.7. The van der Waals surface area contributed by atoms with Crippen LogP contribution in [-0.2, 0) is 13.5 Å². The van der Waals surface area contributed by atoms with E-state index >= 15 is 0 Å². The average Bonchev–Trinajstić information content (AvgIpc) is 2.84. The Bertz CT molecular complexity index is 435. The van der Waals surface area contributed by atoms with Gasteiger partial charge in [-0.25, -0.2) is 9.78 Å². The van der Waals surface area contributed by atoms with E-state index in [1.807, 2.05) is 22.7 Å². The highest BCUT2D eigenvalue weighted by molar-refractivity contribution is 5.74. The highest BCUT2D eigenvalue weighted by atomic mass is 16.2. The lowest BCUT2D eigenvalue weighted by Gasteiger charge is -2.36. The third-order valence-electron chi connectivity index (χ3n) is 3.75. The van der Waals surface area contributed by atoms with Crippen LogP contribution in [-0.4, -0.2) is 64.1 Å². The third kappa shape index (κ3) is 3.96. The first-order valence-corrected chi connectivity index (χ1v) is 7.30. The van der Waals surface area contributed by atoms with Crippen LogP contribution in [0.1, 0.15) is 19.5 Å². The maximum absolute atomic E-state index is 12.0. The van der Waals surface area contributed by atoms with Gasteiger partial charge in [-0.1, -0.05) is 0 Å². The molecule has 1 aromatic heterocycles. The molecule has 20 heavy (non-hydrogen) atoms. The molecule has 0 aromatic carbocycles. The maximum atomic E-state index is 12.0. The number of hydrogen-bond acceptors (Lipinski definition) is 3. The molecule has 0 spiro atoms. The van der Waals surface area contributed by atoms with E-state index in [4.69, 9.17) is 0 Å². The molecule has 112 valence electrons. The van der Waals surface area contributed by atoms with Gasteiger partial charge in [-0.2, -0.15) is 0 Å². The molecular weight excluding hydrogens is 254 g/mol. The Morgan fingerprint density at radius 3 is 2.60 bits per heavy atom. The van der Waals surface area contributed by atoms with Crippen molar-refractivity contribution >= 4 is 6.03 Å². The molecule has 1 aromatic rings. The molecule has 0 unspecified atom stereocenters. The lowest BCUT2D eigenvalue weighted by atomic mass is 10.2. The molecule has 1 aliphatic rings. The van der Waals surface area contributed by atoms with Crippen LogP contribution < -0.4 is 5.32 Å². The van der Waals surface area contributed by atoms with E-state index in [0.717, 1.165) is 38.3 Å². The zero-order valence-electron chi connectivity index (χ0n) is 12.7. The fourth-order valence-corrected chi connectivity index (χ4v) is 2.45. The number of aryl methyl sites for hydroxylation is 1. The first-order chi connectivity index (χ1) is 9.56. The molecule has 1 aliphatic heterocycles. The van der Waals surface area contributed by atoms with Gasteiger partial charge in [0.25, 0.3) is 0 Å². The second-order valence-corrected chi connectivity index (χ2v) is 5.63. The van der Waals surface area contributed by atoms with Gasteiger partial charge >= 0.3 is 6.03 Å². The van der Waals surface area contributed by atoms with Gasteiger partial charge in [0.2, 0.25) is 0 Å². The molecule has 0 bridgehead atoms. The predicted molar refractivity (Wildman–Crippen MR) is 78.6 cm³/mol. The van der Waals surface area contributed by atoms with Crippen molar-refractivity contribution in [3.8, 4) is 0 Å². The number of hydrogen-bond donors (Lipinski definition) is 1. The van der Waals surface area contributed by atoms with Crippen molar-refractivity contribution in [1.29, 1.82) is 0 Å². The highest BCUT2D eigenvalue weighted by Crippen LogP contribution is 2.05. The SMILES string of the molecule is CC(C)N1CCN(C(=O)NCCc2cn(C)cn2)CC1. The number of amides is 2. The third-order valence-corrected chi connectivity index (χ3v) is 3.75. The molecule has 6 nitrogen and oxygen atoms in total. The fraction of sp³-hybridized carbons (Fsp3) is 0.714. The summed E-state index contributed by atoms with van der Waals surface area (Å²) in [6, 6.07) is 0.605. The molecule has 6 heteroatoms. The molecule has 0 radical (unpaired) electrons. The van der Waals surface area contributed by atoms with Gasteiger partial charge in [-0.3, -0.25) is 4.90 Å². The first-order valence-electron chi connectivity index (χ1n) is 7.30. The van der Waals surface area contributed by atoms with Crippen molar-refractivity contribution in [1.82, 2.24) is 24.7 Å². The Labute approximate surface area is 120 Å². The van der Waals surface area contributed by atoms with E-state index < -0.39 is 0 Å². The van der Waals surface area contributed by atoms with Crippen LogP contribution in [0, 0.1) is 0 Å². The minimum Gasteiger partial charge on any atom is -0.340 e. The van der Waals surface area contributed by atoms with Gasteiger partial charge in [-0.15, -0.1) is 0 Å². The second kappa shape index (κ2) is 6.74. The second-order valence-electron chi connectivity index (χ2n) is 5.63. The summed E-state index contributed by atoms with van der Waals surface area (Å²) < 4.78 is 1.92. The van der Waals surface area contributed by atoms with E-state index in [9.17, 15) is 4.79 Å². The van der Waals surface area contributed by atoms with Crippen LogP contribution >= 0.6 is 0 Å². The number of nitrogens with one attached hydrogen (secondary N) is 1. The summed E-state index contributed by atoms with van der Waals surface area (Å²) in [5.41, 5.74) is 1.01. The number of nitrogens with zero attached hydrogens (tertiary/aromatic N) is 4. The number of imidazole rings is 1. The topological polar surface area (TPSA) is 53.4 Å². The standard InChI is InChI=1S/C14H25N5O/c1-12(2)18-6-8-19(9-7-18)14(20)15-5-4-13-10-17(3)11-16-13/h10-12H,4-9H2,1-3H3,(H,15,20). The Morgan fingerprint density at radius 1 is 1.35 bits per heavy atom. The summed E-state index contributed by atoms with van der Waals surface area (Å²) in [5.74, 6) is 0. The van der Waals surface area contributed by atoms with Crippen molar-refractivity contribution in [2.45, 2.75) is 26.3 Å². The first kappa shape index (κ1) is 14.8. The molecule has 1 N–H and O–H groups in total. The van der Waals surface area contributed by atoms with Gasteiger partial charge in [0.05, 0.1) is 12.0 Å². The molecule has 1 fully saturated rings. The molecule has 0 saturated carbocycles. The van der Waals surface area contributed by atoms with E-state index in [2.05, 4.69) is 29.0 Å². The van der Waals surface area contributed by atoms with Crippen molar-refractivity contribution in [3.63, 3.8) is 0 Å². The summed E-state index contributed by atoms with van der Waals surface area (Å²) in [4.78, 5) is 20.6. The Morgan fingerprint density at radius 2 is 2.05 bits per heavy atom. The number of aromatic nitrogens is 2. The van der Waals surface area contributed by atoms with Crippen molar-refractivity contribution < 1.29 is 4.79 Å². The minimum absolute atomic E-state index is 0.0457. The van der Waals surface area contributed by atoms with Gasteiger partial charge in [0, 0.05) is 58.4 Å². The Balaban J connectivity index is 1.68. The Hall–Kier alpha value is -1.56. The van der Waals surface area contributed by atoms with Gasteiger partial charge < -0.3 is 14.8 Å². The summed E-state index contributed by atoms with van der Waals surface area (Å²) >= 11 is 0. The quantitative estimate of drug-likeness (QED) is 0.882. The summed E-state index contributed by atoms with van der Waals surface area (Å²) in [6.45, 7) is 8.59. The number of piperazine rings is 1. The largest absolute Gasteiger partial charge is 0.340 e. The maximum Gasteiger partial charge on any atom is 0.317 e. The zero-order chi connectivity index (χ0) is 14.5. The van der Waals surface area contributed by atoms with Crippen LogP contribution in [0.2, 0.25) is 0 Å². The molecule has 1 saturated heterocycles. The predicted octanol–water partition coefficient (Wildman–Crippen LogP) is 0.698. The molecule has 2 rings (SSSR count). The van der Waals surface area contributed by atoms with Crippen LogP contribution in [0.15, 0.2) is 12.5 Å². The lowest BCUT2D eigenvalue weighted by Crippen LogP contribution is -2.53. The fourth-order valence-electron chi connectivity index (χ4n) is 2.45. The van der Waals surface area contributed by atoms with Gasteiger partial charge in [-0.05, 0) is 13.8 Å². The van der Waals surface area contributed by atoms with Crippen molar-refractivity contribution in [3.05, 3.63) is 18.2 Å². The van der Waals surface area contributed by atoms with Crippen LogP contribution in [0.25, 0.3) is 0 Å². The Kier molecular flexibility index (Phi) is 5.00. The smallest absolute Gasteiger partial charge is 0.317 e.